The number of fused-ring (bicyclic) bond motifs is 1. The lowest BCUT2D eigenvalue weighted by Crippen LogP contribution is -2.28. The summed E-state index contributed by atoms with van der Waals surface area (Å²) in [6, 6.07) is 14.0. The summed E-state index contributed by atoms with van der Waals surface area (Å²) in [6.07, 6.45) is 0. The van der Waals surface area contributed by atoms with Crippen molar-refractivity contribution in [1.82, 2.24) is 5.32 Å². The maximum absolute atomic E-state index is 14.5. The third-order valence-corrected chi connectivity index (χ3v) is 5.70. The zero-order valence-electron chi connectivity index (χ0n) is 11.8. The Morgan fingerprint density at radius 1 is 1.29 bits per heavy atom. The summed E-state index contributed by atoms with van der Waals surface area (Å²) in [5, 5.41) is 3.48. The van der Waals surface area contributed by atoms with Gasteiger partial charge in [0.15, 0.2) is 0 Å². The van der Waals surface area contributed by atoms with Gasteiger partial charge in [-0.1, -0.05) is 37.3 Å². The minimum absolute atomic E-state index is 0.00338. The molecule has 21 heavy (non-hydrogen) atoms. The van der Waals surface area contributed by atoms with Crippen LogP contribution < -0.4 is 5.32 Å². The average Bonchev–Trinajstić information content (AvgIpc) is 2.92. The molecule has 1 heterocycles. The van der Waals surface area contributed by atoms with E-state index in [1.165, 1.54) is 10.5 Å². The Bertz CT molecular complexity index is 646. The monoisotopic (exact) mass is 365 g/mol. The maximum atomic E-state index is 14.5. The summed E-state index contributed by atoms with van der Waals surface area (Å²) in [5.41, 5.74) is 2.07. The Kier molecular flexibility index (Phi) is 4.67. The van der Waals surface area contributed by atoms with Crippen LogP contribution in [0.3, 0.4) is 0 Å². The zero-order chi connectivity index (χ0) is 14.8. The van der Waals surface area contributed by atoms with Crippen molar-refractivity contribution in [3.63, 3.8) is 0 Å². The molecule has 110 valence electrons. The summed E-state index contributed by atoms with van der Waals surface area (Å²) in [4.78, 5) is 1.32. The van der Waals surface area contributed by atoms with Gasteiger partial charge in [0.2, 0.25) is 0 Å². The Labute approximate surface area is 137 Å². The maximum Gasteiger partial charge on any atom is 0.142 e. The van der Waals surface area contributed by atoms with Gasteiger partial charge in [-0.25, -0.2) is 4.39 Å². The third-order valence-electron chi connectivity index (χ3n) is 3.88. The lowest BCUT2D eigenvalue weighted by atomic mass is 9.88. The second-order valence-electron chi connectivity index (χ2n) is 5.13. The smallest absolute Gasteiger partial charge is 0.142 e. The molecule has 0 radical (unpaired) electrons. The first-order chi connectivity index (χ1) is 10.2. The molecular weight excluding hydrogens is 349 g/mol. The van der Waals surface area contributed by atoms with Crippen LogP contribution in [0.15, 0.2) is 51.8 Å². The van der Waals surface area contributed by atoms with Crippen molar-refractivity contribution in [2.45, 2.75) is 23.8 Å². The van der Waals surface area contributed by atoms with Crippen LogP contribution in [0.4, 0.5) is 4.39 Å². The Hall–Kier alpha value is -0.840. The molecule has 0 aromatic heterocycles. The van der Waals surface area contributed by atoms with Crippen LogP contribution in [0.25, 0.3) is 0 Å². The van der Waals surface area contributed by atoms with Crippen molar-refractivity contribution < 1.29 is 4.39 Å². The number of rotatable bonds is 4. The van der Waals surface area contributed by atoms with E-state index < -0.39 is 0 Å². The molecule has 2 aromatic rings. The van der Waals surface area contributed by atoms with Gasteiger partial charge in [0.25, 0.3) is 0 Å². The largest absolute Gasteiger partial charge is 0.310 e. The van der Waals surface area contributed by atoms with Gasteiger partial charge in [-0.2, -0.15) is 0 Å². The van der Waals surface area contributed by atoms with Crippen LogP contribution in [0.1, 0.15) is 30.0 Å². The number of halogens is 2. The summed E-state index contributed by atoms with van der Waals surface area (Å²) in [5.74, 6) is 1.14. The van der Waals surface area contributed by atoms with E-state index in [0.29, 0.717) is 10.4 Å². The van der Waals surface area contributed by atoms with Gasteiger partial charge in [-0.3, -0.25) is 0 Å². The fourth-order valence-electron chi connectivity index (χ4n) is 2.91. The van der Waals surface area contributed by atoms with Crippen molar-refractivity contribution >= 4 is 27.7 Å². The predicted molar refractivity (Wildman–Crippen MR) is 90.4 cm³/mol. The second kappa shape index (κ2) is 6.51. The van der Waals surface area contributed by atoms with Crippen molar-refractivity contribution in [2.75, 3.05) is 12.3 Å². The van der Waals surface area contributed by atoms with Crippen LogP contribution in [0.2, 0.25) is 0 Å². The summed E-state index contributed by atoms with van der Waals surface area (Å²) in [7, 11) is 0. The minimum atomic E-state index is -0.155. The molecule has 0 fully saturated rings. The lowest BCUT2D eigenvalue weighted by molar-refractivity contribution is 0.459. The number of nitrogens with one attached hydrogen (secondary N) is 1. The summed E-state index contributed by atoms with van der Waals surface area (Å²) < 4.78 is 15.0. The lowest BCUT2D eigenvalue weighted by Gasteiger charge is -2.26. The molecule has 1 aliphatic rings. The molecule has 0 saturated heterocycles. The van der Waals surface area contributed by atoms with Crippen LogP contribution in [-0.4, -0.2) is 12.3 Å². The van der Waals surface area contributed by atoms with Gasteiger partial charge in [-0.15, -0.1) is 11.8 Å². The van der Waals surface area contributed by atoms with E-state index in [1.807, 2.05) is 23.9 Å². The summed E-state index contributed by atoms with van der Waals surface area (Å²) >= 11 is 5.16. The molecule has 0 saturated carbocycles. The molecule has 2 aromatic carbocycles. The standard InChI is InChI=1S/C17H17BrFNS/c1-2-20-17(12-7-5-8-14(18)16(12)19)13-10-21-15-9-4-3-6-11(13)15/h3-9,13,17,20H,2,10H2,1H3. The molecule has 4 heteroatoms. The highest BCUT2D eigenvalue weighted by molar-refractivity contribution is 9.10. The van der Waals surface area contributed by atoms with E-state index in [0.717, 1.165) is 17.9 Å². The minimum Gasteiger partial charge on any atom is -0.310 e. The first kappa shape index (κ1) is 15.1. The molecule has 3 rings (SSSR count). The number of hydrogen-bond acceptors (Lipinski definition) is 2. The van der Waals surface area contributed by atoms with E-state index in [2.05, 4.69) is 52.4 Å². The average molecular weight is 366 g/mol. The molecule has 2 atom stereocenters. The van der Waals surface area contributed by atoms with Crippen LogP contribution >= 0.6 is 27.7 Å². The Morgan fingerprint density at radius 2 is 2.10 bits per heavy atom. The van der Waals surface area contributed by atoms with Gasteiger partial charge in [0.1, 0.15) is 5.82 Å². The van der Waals surface area contributed by atoms with E-state index in [9.17, 15) is 4.39 Å². The van der Waals surface area contributed by atoms with Gasteiger partial charge < -0.3 is 5.32 Å². The van der Waals surface area contributed by atoms with Crippen molar-refractivity contribution in [3.05, 3.63) is 63.9 Å². The number of hydrogen-bond donors (Lipinski definition) is 1. The fraction of sp³-hybridized carbons (Fsp3) is 0.294. The predicted octanol–water partition coefficient (Wildman–Crippen LogP) is 5.13. The van der Waals surface area contributed by atoms with Crippen LogP contribution in [0.5, 0.6) is 0 Å². The molecule has 1 nitrogen and oxygen atoms in total. The van der Waals surface area contributed by atoms with Gasteiger partial charge in [0.05, 0.1) is 4.47 Å². The molecule has 0 bridgehead atoms. The Morgan fingerprint density at radius 3 is 2.90 bits per heavy atom. The number of benzene rings is 2. The first-order valence-corrected chi connectivity index (χ1v) is 8.89. The van der Waals surface area contributed by atoms with E-state index in [1.54, 1.807) is 6.07 Å². The number of thioether (sulfide) groups is 1. The second-order valence-corrected chi connectivity index (χ2v) is 7.05. The van der Waals surface area contributed by atoms with E-state index in [-0.39, 0.29) is 11.9 Å². The molecule has 0 spiro atoms. The zero-order valence-corrected chi connectivity index (χ0v) is 14.2. The Balaban J connectivity index is 2.02. The quantitative estimate of drug-likeness (QED) is 0.805. The van der Waals surface area contributed by atoms with E-state index in [4.69, 9.17) is 0 Å². The number of likely N-dealkylation sites (N-methyl/N-ethyl adjacent to an activating group) is 1. The molecule has 1 N–H and O–H groups in total. The van der Waals surface area contributed by atoms with Gasteiger partial charge in [-0.05, 0) is 40.2 Å². The molecule has 1 aliphatic heterocycles. The normalized spacial score (nSPS) is 18.5. The van der Waals surface area contributed by atoms with Crippen molar-refractivity contribution in [3.8, 4) is 0 Å². The third kappa shape index (κ3) is 2.89. The molecule has 0 aliphatic carbocycles. The van der Waals surface area contributed by atoms with Crippen LogP contribution in [0, 0.1) is 5.82 Å². The van der Waals surface area contributed by atoms with Gasteiger partial charge in [0, 0.05) is 28.2 Å². The summed E-state index contributed by atoms with van der Waals surface area (Å²) in [6.45, 7) is 2.89. The fourth-order valence-corrected chi connectivity index (χ4v) is 4.59. The van der Waals surface area contributed by atoms with E-state index >= 15 is 0 Å². The highest BCUT2D eigenvalue weighted by atomic mass is 79.9. The highest BCUT2D eigenvalue weighted by Crippen LogP contribution is 2.46. The SMILES string of the molecule is CCNC(c1cccc(Br)c1F)C1CSc2ccccc21. The first-order valence-electron chi connectivity index (χ1n) is 7.11. The molecule has 2 unspecified atom stereocenters. The highest BCUT2D eigenvalue weighted by Gasteiger charge is 2.32. The topological polar surface area (TPSA) is 12.0 Å². The molecule has 0 amide bonds. The van der Waals surface area contributed by atoms with Crippen molar-refractivity contribution in [1.29, 1.82) is 0 Å². The van der Waals surface area contributed by atoms with Crippen LogP contribution in [-0.2, 0) is 0 Å². The molecular formula is C17H17BrFNS. The van der Waals surface area contributed by atoms with Crippen molar-refractivity contribution in [2.24, 2.45) is 0 Å². The van der Waals surface area contributed by atoms with Gasteiger partial charge >= 0.3 is 0 Å².